The Morgan fingerprint density at radius 1 is 0.667 bits per heavy atom. The summed E-state index contributed by atoms with van der Waals surface area (Å²) in [6, 6.07) is 3.22. The average molecular weight is 302 g/mol. The van der Waals surface area contributed by atoms with Crippen molar-refractivity contribution in [1.29, 1.82) is 0 Å². The van der Waals surface area contributed by atoms with Gasteiger partial charge in [-0.25, -0.2) is 0 Å². The molecule has 5 atom stereocenters. The molecule has 62 valence electrons. The first kappa shape index (κ1) is 14.0. The van der Waals surface area contributed by atoms with Crippen LogP contribution in [0.15, 0.2) is 0 Å². The van der Waals surface area contributed by atoms with Gasteiger partial charge in [-0.2, -0.15) is 24.5 Å². The van der Waals surface area contributed by atoms with E-state index in [0.29, 0.717) is 0 Å². The molecule has 1 aromatic carbocycles. The van der Waals surface area contributed by atoms with Gasteiger partial charge in [-0.1, -0.05) is 0 Å². The Morgan fingerprint density at radius 3 is 1.33 bits per heavy atom. The predicted octanol–water partition coefficient (Wildman–Crippen LogP) is -1.01. The fourth-order valence-corrected chi connectivity index (χ4v) is 2.77. The van der Waals surface area contributed by atoms with E-state index in [1.807, 2.05) is 0 Å². The quantitative estimate of drug-likeness (QED) is 0.327. The van der Waals surface area contributed by atoms with Gasteiger partial charge >= 0.3 is 0 Å². The van der Waals surface area contributed by atoms with Crippen LogP contribution in [0.2, 0.25) is 0 Å². The van der Waals surface area contributed by atoms with E-state index in [0.717, 1.165) is 10.6 Å². The van der Waals surface area contributed by atoms with Crippen LogP contribution in [-0.2, 0) is 19.5 Å². The van der Waals surface area contributed by atoms with Crippen LogP contribution in [0.25, 0.3) is 0 Å². The molecule has 0 aliphatic rings. The van der Waals surface area contributed by atoms with Crippen LogP contribution >= 0.6 is 46.2 Å². The van der Waals surface area contributed by atoms with Gasteiger partial charge in [0.1, 0.15) is 0 Å². The van der Waals surface area contributed by atoms with Crippen molar-refractivity contribution < 1.29 is 19.5 Å². The summed E-state index contributed by atoms with van der Waals surface area (Å²) in [6.07, 6.45) is 0. The molecule has 0 fully saturated rings. The van der Waals surface area contributed by atoms with Crippen molar-refractivity contribution in [3.05, 3.63) is 6.07 Å². The van der Waals surface area contributed by atoms with Crippen molar-refractivity contribution >= 4 is 72.7 Å². The second kappa shape index (κ2) is 5.77. The number of benzene rings is 1. The average Bonchev–Trinajstić information content (AvgIpc) is 1.97. The van der Waals surface area contributed by atoms with Gasteiger partial charge < -0.3 is 0 Å². The van der Waals surface area contributed by atoms with E-state index in [1.165, 1.54) is 15.9 Å². The summed E-state index contributed by atoms with van der Waals surface area (Å²) in [6.45, 7) is 0. The van der Waals surface area contributed by atoms with Gasteiger partial charge in [0.15, 0.2) is 0 Å². The van der Waals surface area contributed by atoms with Crippen molar-refractivity contribution in [3.63, 3.8) is 0 Å². The molecule has 5 unspecified atom stereocenters. The Labute approximate surface area is 98.0 Å². The van der Waals surface area contributed by atoms with Gasteiger partial charge in [0.25, 0.3) is 0 Å². The van der Waals surface area contributed by atoms with Crippen molar-refractivity contribution in [3.8, 4) is 0 Å². The summed E-state index contributed by atoms with van der Waals surface area (Å²) < 4.78 is 0. The Bertz CT molecular complexity index is 272. The molecule has 1 aromatic rings. The van der Waals surface area contributed by atoms with Crippen molar-refractivity contribution in [2.45, 2.75) is 0 Å². The minimum atomic E-state index is 0. The summed E-state index contributed by atoms with van der Waals surface area (Å²) in [5, 5.41) is 5.81. The third-order valence-electron chi connectivity index (χ3n) is 1.43. The summed E-state index contributed by atoms with van der Waals surface area (Å²) in [4.78, 5) is 0. The summed E-state index contributed by atoms with van der Waals surface area (Å²) in [5.74, 6) is 0. The van der Waals surface area contributed by atoms with Crippen LogP contribution < -0.4 is 26.5 Å². The maximum atomic E-state index is 3.22. The molecule has 0 saturated carbocycles. The predicted molar refractivity (Wildman–Crippen MR) is 72.0 cm³/mol. The first-order valence-electron chi connectivity index (χ1n) is 2.94. The number of hydrogen-bond donors (Lipinski definition) is 0. The van der Waals surface area contributed by atoms with E-state index in [-0.39, 0.29) is 19.5 Å². The third-order valence-corrected chi connectivity index (χ3v) is 5.54. The zero-order valence-electron chi connectivity index (χ0n) is 6.59. The summed E-state index contributed by atoms with van der Waals surface area (Å²) in [7, 11) is 13.5. The topological polar surface area (TPSA) is 0 Å². The largest absolute Gasteiger partial charge is 0.167 e. The van der Waals surface area contributed by atoms with Crippen LogP contribution in [0.5, 0.6) is 0 Å². The molecule has 12 heavy (non-hydrogen) atoms. The molecule has 0 aliphatic heterocycles. The van der Waals surface area contributed by atoms with Crippen LogP contribution in [-0.4, -0.2) is 0 Å². The van der Waals surface area contributed by atoms with Crippen LogP contribution in [0.4, 0.5) is 0 Å². The molecule has 0 saturated heterocycles. The summed E-state index contributed by atoms with van der Waals surface area (Å²) in [5.41, 5.74) is 0. The van der Waals surface area contributed by atoms with E-state index in [4.69, 9.17) is 0 Å². The second-order valence-electron chi connectivity index (χ2n) is 2.19. The van der Waals surface area contributed by atoms with Crippen molar-refractivity contribution in [1.82, 2.24) is 0 Å². The van der Waals surface area contributed by atoms with E-state index >= 15 is 0 Å². The monoisotopic (exact) mass is 301 g/mol. The Kier molecular flexibility index (Phi) is 6.73. The van der Waals surface area contributed by atoms with Crippen LogP contribution in [0, 0.1) is 6.07 Å². The molecule has 0 aromatic heterocycles. The van der Waals surface area contributed by atoms with Gasteiger partial charge in [-0.15, -0.1) is 54.2 Å². The van der Waals surface area contributed by atoms with E-state index < -0.39 is 0 Å². The molecule has 0 bridgehead atoms. The number of hydrogen-bond acceptors (Lipinski definition) is 0. The molecule has 0 nitrogen and oxygen atoms in total. The van der Waals surface area contributed by atoms with E-state index in [1.54, 1.807) is 0 Å². The molecule has 0 N–H and O–H groups in total. The van der Waals surface area contributed by atoms with Crippen LogP contribution in [0.3, 0.4) is 0 Å². The van der Waals surface area contributed by atoms with Gasteiger partial charge in [0.2, 0.25) is 0 Å². The molecular weight excluding hydrogens is 292 g/mol. The van der Waals surface area contributed by atoms with Gasteiger partial charge in [0.05, 0.1) is 0 Å². The Balaban J connectivity index is 0.00000121. The molecular formula is C6H10P5Zn-. The molecule has 1 rings (SSSR count). The first-order chi connectivity index (χ1) is 5.04. The fraction of sp³-hybridized carbons (Fsp3) is 0. The molecule has 0 heterocycles. The minimum absolute atomic E-state index is 0. The van der Waals surface area contributed by atoms with Gasteiger partial charge in [-0.05, 0) is 0 Å². The van der Waals surface area contributed by atoms with Gasteiger partial charge in [-0.3, -0.25) is 0 Å². The standard InChI is InChI=1S/C6H10P5.Zn/c7-2-1-3(8)5(10)6(11)4(2)9;/h7-11H2;/q-1;. The molecule has 0 amide bonds. The van der Waals surface area contributed by atoms with E-state index in [9.17, 15) is 0 Å². The Hall–Kier alpha value is 1.99. The minimum Gasteiger partial charge on any atom is -0.167 e. The maximum absolute atomic E-state index is 3.22. The molecule has 0 radical (unpaired) electrons. The zero-order chi connectivity index (χ0) is 8.59. The van der Waals surface area contributed by atoms with Crippen LogP contribution in [0.1, 0.15) is 0 Å². The third kappa shape index (κ3) is 3.00. The molecule has 0 aliphatic carbocycles. The van der Waals surface area contributed by atoms with E-state index in [2.05, 4.69) is 52.3 Å². The zero-order valence-corrected chi connectivity index (χ0v) is 15.3. The first-order valence-corrected chi connectivity index (χ1v) is 5.83. The van der Waals surface area contributed by atoms with Crippen molar-refractivity contribution in [2.24, 2.45) is 0 Å². The molecule has 0 spiro atoms. The molecule has 6 heteroatoms. The smallest absolute Gasteiger partial charge is 0 e. The summed E-state index contributed by atoms with van der Waals surface area (Å²) >= 11 is 0. The normalized spacial score (nSPS) is 9.42. The van der Waals surface area contributed by atoms with Gasteiger partial charge in [0, 0.05) is 19.5 Å². The maximum Gasteiger partial charge on any atom is 0 e. The van der Waals surface area contributed by atoms with Crippen molar-refractivity contribution in [2.75, 3.05) is 0 Å². The fourth-order valence-electron chi connectivity index (χ4n) is 0.715. The second-order valence-corrected chi connectivity index (χ2v) is 5.08. The SMILES string of the molecule is Pc1[c-]c(P)c(P)c(P)c1P.[Zn]. The Morgan fingerprint density at radius 2 is 1.00 bits per heavy atom. The number of rotatable bonds is 0.